The summed E-state index contributed by atoms with van der Waals surface area (Å²) in [6, 6.07) is 8.50. The molecule has 0 spiro atoms. The Morgan fingerprint density at radius 2 is 1.76 bits per heavy atom. The van der Waals surface area contributed by atoms with Crippen molar-refractivity contribution in [2.24, 2.45) is 0 Å². The van der Waals surface area contributed by atoms with Gasteiger partial charge in [-0.05, 0) is 0 Å². The second-order valence-electron chi connectivity index (χ2n) is 4.87. The van der Waals surface area contributed by atoms with Crippen molar-refractivity contribution in [3.63, 3.8) is 0 Å². The van der Waals surface area contributed by atoms with Gasteiger partial charge in [0.25, 0.3) is 0 Å². The van der Waals surface area contributed by atoms with Crippen LogP contribution in [0.1, 0.15) is 44.6 Å². The van der Waals surface area contributed by atoms with E-state index in [-0.39, 0.29) is 11.4 Å². The van der Waals surface area contributed by atoms with Crippen molar-refractivity contribution in [3.8, 4) is 0 Å². The molecule has 1 aromatic rings. The van der Waals surface area contributed by atoms with E-state index < -0.39 is 0 Å². The molecular weight excluding hydrogens is 277 g/mol. The van der Waals surface area contributed by atoms with E-state index in [0.717, 1.165) is 12.8 Å². The summed E-state index contributed by atoms with van der Waals surface area (Å²) in [5, 5.41) is 3.19. The van der Waals surface area contributed by atoms with Gasteiger partial charge in [0.05, 0.1) is 0 Å². The van der Waals surface area contributed by atoms with Crippen molar-refractivity contribution in [1.82, 2.24) is 5.32 Å². The van der Waals surface area contributed by atoms with Crippen molar-refractivity contribution in [2.45, 2.75) is 44.6 Å². The number of nitrogens with one attached hydrogen (secondary N) is 1. The van der Waals surface area contributed by atoms with Gasteiger partial charge in [-0.2, -0.15) is 0 Å². The van der Waals surface area contributed by atoms with E-state index in [9.17, 15) is 4.79 Å². The van der Waals surface area contributed by atoms with E-state index in [1.54, 1.807) is 6.92 Å². The molecule has 2 nitrogen and oxygen atoms in total. The van der Waals surface area contributed by atoms with Crippen LogP contribution in [-0.4, -0.2) is 21.9 Å². The van der Waals surface area contributed by atoms with Gasteiger partial charge < -0.3 is 0 Å². The predicted octanol–water partition coefficient (Wildman–Crippen LogP) is 1.51. The van der Waals surface area contributed by atoms with Crippen molar-refractivity contribution in [1.29, 1.82) is 0 Å². The average Bonchev–Trinajstić information content (AvgIpc) is 2.30. The summed E-state index contributed by atoms with van der Waals surface area (Å²) in [7, 11) is 0. The Kier molecular flexibility index (Phi) is 3.90. The summed E-state index contributed by atoms with van der Waals surface area (Å²) in [4.78, 5) is 11.4. The van der Waals surface area contributed by atoms with Crippen LogP contribution in [0.3, 0.4) is 0 Å². The maximum absolute atomic E-state index is 11.4. The van der Waals surface area contributed by atoms with E-state index in [0.29, 0.717) is 0 Å². The summed E-state index contributed by atoms with van der Waals surface area (Å²) in [5.41, 5.74) is 1.13. The van der Waals surface area contributed by atoms with Crippen molar-refractivity contribution >= 4 is 26.4 Å². The minimum absolute atomic E-state index is 0.0725. The Labute approximate surface area is 111 Å². The summed E-state index contributed by atoms with van der Waals surface area (Å²) < 4.78 is 1.20. The third-order valence-electron chi connectivity index (χ3n) is 3.54. The summed E-state index contributed by atoms with van der Waals surface area (Å²) in [5.74, 6) is 0.0725. The van der Waals surface area contributed by atoms with Gasteiger partial charge in [-0.1, -0.05) is 0 Å². The molecule has 17 heavy (non-hydrogen) atoms. The van der Waals surface area contributed by atoms with Crippen molar-refractivity contribution < 1.29 is 4.79 Å². The van der Waals surface area contributed by atoms with Gasteiger partial charge in [0.2, 0.25) is 0 Å². The molecule has 2 rings (SSSR count). The van der Waals surface area contributed by atoms with Crippen molar-refractivity contribution in [2.75, 3.05) is 0 Å². The molecule has 0 aliphatic heterocycles. The number of carbonyl (C=O) groups excluding carboxylic acids is 1. The molecular formula is C14H19NOSe. The SMILES string of the molecule is CC(=O)NC1(c2ccc([SeH])cc2)CCCCC1. The van der Waals surface area contributed by atoms with Crippen molar-refractivity contribution in [3.05, 3.63) is 29.8 Å². The van der Waals surface area contributed by atoms with Gasteiger partial charge in [-0.3, -0.25) is 0 Å². The first-order chi connectivity index (χ1) is 8.12. The maximum atomic E-state index is 11.4. The topological polar surface area (TPSA) is 29.1 Å². The van der Waals surface area contributed by atoms with Crippen LogP contribution in [0.4, 0.5) is 0 Å². The molecule has 1 N–H and O–H groups in total. The first-order valence-electron chi connectivity index (χ1n) is 6.21. The molecule has 1 aliphatic carbocycles. The number of rotatable bonds is 2. The van der Waals surface area contributed by atoms with Crippen LogP contribution in [0.5, 0.6) is 0 Å². The molecule has 0 saturated heterocycles. The quantitative estimate of drug-likeness (QED) is 0.824. The molecule has 92 valence electrons. The molecule has 1 amide bonds. The second kappa shape index (κ2) is 5.24. The standard InChI is InChI=1S/C14H19NOSe/c1-11(16)15-14(9-3-2-4-10-14)12-5-7-13(17)8-6-12/h5-8,17H,2-4,9-10H2,1H3,(H,15,16). The number of hydrogen-bond acceptors (Lipinski definition) is 1. The second-order valence-corrected chi connectivity index (χ2v) is 5.95. The monoisotopic (exact) mass is 297 g/mol. The molecule has 0 atom stereocenters. The average molecular weight is 296 g/mol. The summed E-state index contributed by atoms with van der Waals surface area (Å²) in [6.45, 7) is 1.61. The molecule has 0 bridgehead atoms. The molecule has 0 heterocycles. The zero-order valence-corrected chi connectivity index (χ0v) is 12.1. The Morgan fingerprint density at radius 3 is 2.29 bits per heavy atom. The Morgan fingerprint density at radius 1 is 1.18 bits per heavy atom. The molecule has 1 aromatic carbocycles. The fourth-order valence-electron chi connectivity index (χ4n) is 2.76. The third kappa shape index (κ3) is 2.91. The first kappa shape index (κ1) is 12.7. The van der Waals surface area contributed by atoms with Crippen LogP contribution in [0, 0.1) is 0 Å². The fourth-order valence-corrected chi connectivity index (χ4v) is 3.07. The van der Waals surface area contributed by atoms with Crippen LogP contribution in [0.2, 0.25) is 0 Å². The zero-order valence-electron chi connectivity index (χ0n) is 10.2. The Balaban J connectivity index is 2.31. The van der Waals surface area contributed by atoms with E-state index in [4.69, 9.17) is 0 Å². The number of amides is 1. The Hall–Kier alpha value is -0.791. The van der Waals surface area contributed by atoms with Gasteiger partial charge in [-0.15, -0.1) is 0 Å². The zero-order chi connectivity index (χ0) is 12.3. The van der Waals surface area contributed by atoms with E-state index in [1.165, 1.54) is 29.3 Å². The van der Waals surface area contributed by atoms with Gasteiger partial charge in [0.1, 0.15) is 0 Å². The van der Waals surface area contributed by atoms with Crippen LogP contribution >= 0.6 is 0 Å². The summed E-state index contributed by atoms with van der Waals surface area (Å²) >= 11 is 2.55. The third-order valence-corrected chi connectivity index (χ3v) is 4.17. The number of carbonyl (C=O) groups is 1. The summed E-state index contributed by atoms with van der Waals surface area (Å²) in [6.07, 6.45) is 5.80. The molecule has 0 unspecified atom stereocenters. The molecule has 3 heteroatoms. The van der Waals surface area contributed by atoms with Gasteiger partial charge in [0.15, 0.2) is 0 Å². The number of hydrogen-bond donors (Lipinski definition) is 1. The molecule has 1 fully saturated rings. The van der Waals surface area contributed by atoms with Gasteiger partial charge in [0, 0.05) is 0 Å². The van der Waals surface area contributed by atoms with Crippen LogP contribution in [-0.2, 0) is 10.3 Å². The number of benzene rings is 1. The molecule has 1 saturated carbocycles. The minimum atomic E-state index is -0.120. The van der Waals surface area contributed by atoms with Crippen LogP contribution in [0.15, 0.2) is 24.3 Å². The fraction of sp³-hybridized carbons (Fsp3) is 0.500. The molecule has 0 radical (unpaired) electrons. The first-order valence-corrected chi connectivity index (χ1v) is 7.14. The Bertz CT molecular complexity index is 393. The predicted molar refractivity (Wildman–Crippen MR) is 71.8 cm³/mol. The van der Waals surface area contributed by atoms with E-state index in [2.05, 4.69) is 45.6 Å². The van der Waals surface area contributed by atoms with Crippen LogP contribution < -0.4 is 9.78 Å². The van der Waals surface area contributed by atoms with E-state index >= 15 is 0 Å². The van der Waals surface area contributed by atoms with Crippen LogP contribution in [0.25, 0.3) is 0 Å². The van der Waals surface area contributed by atoms with Gasteiger partial charge in [-0.25, -0.2) is 0 Å². The normalized spacial score (nSPS) is 18.7. The molecule has 1 aliphatic rings. The van der Waals surface area contributed by atoms with Gasteiger partial charge >= 0.3 is 111 Å². The molecule has 0 aromatic heterocycles. The van der Waals surface area contributed by atoms with E-state index in [1.807, 2.05) is 0 Å².